The summed E-state index contributed by atoms with van der Waals surface area (Å²) in [6.45, 7) is 11.3. The van der Waals surface area contributed by atoms with Gasteiger partial charge in [-0.05, 0) is 6.08 Å². The van der Waals surface area contributed by atoms with E-state index in [1.54, 1.807) is 12.2 Å². The number of nitrogens with one attached hydrogen (secondary N) is 1. The second-order valence-electron chi connectivity index (χ2n) is 2.75. The van der Waals surface area contributed by atoms with Gasteiger partial charge < -0.3 is 19.9 Å². The van der Waals surface area contributed by atoms with Gasteiger partial charge in [-0.3, -0.25) is 4.79 Å². The molecule has 2 N–H and O–H groups in total. The average Bonchev–Trinajstić information content (AvgIpc) is 2.38. The van der Waals surface area contributed by atoms with Gasteiger partial charge in [0.05, 0.1) is 20.3 Å². The van der Waals surface area contributed by atoms with Crippen LogP contribution in [0.4, 0.5) is 0 Å². The van der Waals surface area contributed by atoms with E-state index in [4.69, 9.17) is 9.84 Å². The van der Waals surface area contributed by atoms with E-state index in [1.165, 1.54) is 0 Å². The third kappa shape index (κ3) is 12.2. The van der Waals surface area contributed by atoms with E-state index in [1.807, 2.05) is 5.32 Å². The third-order valence-electron chi connectivity index (χ3n) is 1.36. The Kier molecular flexibility index (Phi) is 13.5. The molecular weight excluding hydrogens is 238 g/mol. The number of hydrogen-bond acceptors (Lipinski definition) is 5. The number of rotatable bonds is 7. The van der Waals surface area contributed by atoms with Crippen molar-refractivity contribution in [3.63, 3.8) is 0 Å². The molecule has 0 aliphatic carbocycles. The molecule has 1 unspecified atom stereocenters. The lowest BCUT2D eigenvalue weighted by Crippen LogP contribution is -2.40. The summed E-state index contributed by atoms with van der Waals surface area (Å²) >= 11 is 0. The van der Waals surface area contributed by atoms with Crippen molar-refractivity contribution in [3.05, 3.63) is 38.0 Å². The molecule has 0 saturated heterocycles. The minimum atomic E-state index is -1.62. The summed E-state index contributed by atoms with van der Waals surface area (Å²) in [5, 5.41) is 10.7. The standard InChI is InChI=1S/C6H9NO4.C6H10O/c1-3-4(8)7-5(9)6(10)11-2;1-3-5-7-6-4-2/h3,5,9H,1H2,2H3,(H,7,8);3-4H,1-2,5-6H2. The van der Waals surface area contributed by atoms with E-state index >= 15 is 0 Å². The number of aliphatic hydroxyl groups excluding tert-OH is 1. The Morgan fingerprint density at radius 3 is 2.11 bits per heavy atom. The van der Waals surface area contributed by atoms with E-state index in [2.05, 4.69) is 24.5 Å². The molecule has 0 bridgehead atoms. The van der Waals surface area contributed by atoms with Crippen LogP contribution in [0.25, 0.3) is 0 Å². The maximum Gasteiger partial charge on any atom is 0.356 e. The molecule has 6 nitrogen and oxygen atoms in total. The molecule has 0 aromatic rings. The summed E-state index contributed by atoms with van der Waals surface area (Å²) in [5.41, 5.74) is 0. The zero-order valence-electron chi connectivity index (χ0n) is 10.4. The number of hydrogen-bond donors (Lipinski definition) is 2. The number of carbonyl (C=O) groups excluding carboxylic acids is 2. The van der Waals surface area contributed by atoms with Crippen LogP contribution in [0.3, 0.4) is 0 Å². The molecule has 102 valence electrons. The van der Waals surface area contributed by atoms with Gasteiger partial charge in [0.1, 0.15) is 0 Å². The Labute approximate surface area is 107 Å². The predicted octanol–water partition coefficient (Wildman–Crippen LogP) is 0.155. The summed E-state index contributed by atoms with van der Waals surface area (Å²) in [4.78, 5) is 20.9. The molecule has 0 saturated carbocycles. The van der Waals surface area contributed by atoms with Gasteiger partial charge in [0.25, 0.3) is 0 Å². The highest BCUT2D eigenvalue weighted by Crippen LogP contribution is 1.81. The quantitative estimate of drug-likeness (QED) is 0.223. The maximum atomic E-state index is 10.4. The van der Waals surface area contributed by atoms with Crippen molar-refractivity contribution < 1.29 is 24.2 Å². The zero-order valence-corrected chi connectivity index (χ0v) is 10.4. The predicted molar refractivity (Wildman–Crippen MR) is 67.6 cm³/mol. The van der Waals surface area contributed by atoms with Crippen molar-refractivity contribution >= 4 is 11.9 Å². The Morgan fingerprint density at radius 1 is 1.28 bits per heavy atom. The summed E-state index contributed by atoms with van der Waals surface area (Å²) < 4.78 is 9.02. The fraction of sp³-hybridized carbons (Fsp3) is 0.333. The van der Waals surface area contributed by atoms with E-state index in [0.717, 1.165) is 13.2 Å². The zero-order chi connectivity index (χ0) is 14.4. The van der Waals surface area contributed by atoms with Gasteiger partial charge in [0.2, 0.25) is 12.1 Å². The van der Waals surface area contributed by atoms with Gasteiger partial charge in [-0.15, -0.1) is 13.2 Å². The first kappa shape index (κ1) is 18.4. The number of carbonyl (C=O) groups is 2. The number of aliphatic hydroxyl groups is 1. The summed E-state index contributed by atoms with van der Waals surface area (Å²) in [6.07, 6.45) is 2.74. The third-order valence-corrected chi connectivity index (χ3v) is 1.36. The van der Waals surface area contributed by atoms with Gasteiger partial charge in [-0.1, -0.05) is 18.7 Å². The van der Waals surface area contributed by atoms with Gasteiger partial charge >= 0.3 is 5.97 Å². The molecule has 0 radical (unpaired) electrons. The lowest BCUT2D eigenvalue weighted by molar-refractivity contribution is -0.154. The van der Waals surface area contributed by atoms with Crippen LogP contribution in [0.2, 0.25) is 0 Å². The van der Waals surface area contributed by atoms with E-state index in [0.29, 0.717) is 13.2 Å². The SMILES string of the molecule is C=CC(=O)NC(O)C(=O)OC.C=CCOCC=C. The van der Waals surface area contributed by atoms with Crippen LogP contribution in [-0.4, -0.2) is 43.5 Å². The molecular formula is C12H19NO5. The fourth-order valence-electron chi connectivity index (χ4n) is 0.599. The highest BCUT2D eigenvalue weighted by Gasteiger charge is 2.15. The highest BCUT2D eigenvalue weighted by atomic mass is 16.5. The molecule has 0 aromatic carbocycles. The first-order valence-corrected chi connectivity index (χ1v) is 5.01. The Balaban J connectivity index is 0. The number of ether oxygens (including phenoxy) is 2. The number of methoxy groups -OCH3 is 1. The van der Waals surface area contributed by atoms with Crippen molar-refractivity contribution in [2.75, 3.05) is 20.3 Å². The smallest absolute Gasteiger partial charge is 0.356 e. The molecule has 0 rings (SSSR count). The van der Waals surface area contributed by atoms with Gasteiger partial charge in [0, 0.05) is 0 Å². The molecule has 6 heteroatoms. The molecule has 18 heavy (non-hydrogen) atoms. The molecule has 0 fully saturated rings. The lowest BCUT2D eigenvalue weighted by atomic mass is 10.5. The Morgan fingerprint density at radius 2 is 1.78 bits per heavy atom. The number of amides is 1. The molecule has 0 aliphatic heterocycles. The van der Waals surface area contributed by atoms with Crippen molar-refractivity contribution in [2.24, 2.45) is 0 Å². The van der Waals surface area contributed by atoms with Crippen LogP contribution < -0.4 is 5.32 Å². The minimum absolute atomic E-state index is 0.617. The monoisotopic (exact) mass is 257 g/mol. The minimum Gasteiger partial charge on any atom is -0.466 e. The fourth-order valence-corrected chi connectivity index (χ4v) is 0.599. The van der Waals surface area contributed by atoms with Gasteiger partial charge in [-0.25, -0.2) is 4.79 Å². The van der Waals surface area contributed by atoms with Gasteiger partial charge in [-0.2, -0.15) is 0 Å². The van der Waals surface area contributed by atoms with Crippen LogP contribution in [0.1, 0.15) is 0 Å². The molecule has 0 heterocycles. The van der Waals surface area contributed by atoms with Crippen molar-refractivity contribution in [1.82, 2.24) is 5.32 Å². The van der Waals surface area contributed by atoms with E-state index in [-0.39, 0.29) is 0 Å². The van der Waals surface area contributed by atoms with Crippen LogP contribution >= 0.6 is 0 Å². The van der Waals surface area contributed by atoms with E-state index < -0.39 is 18.1 Å². The number of esters is 1. The molecule has 0 aromatic heterocycles. The van der Waals surface area contributed by atoms with Crippen LogP contribution in [0.15, 0.2) is 38.0 Å². The summed E-state index contributed by atoms with van der Waals surface area (Å²) in [7, 11) is 1.10. The Bertz CT molecular complexity index is 280. The van der Waals surface area contributed by atoms with Crippen LogP contribution in [-0.2, 0) is 19.1 Å². The maximum absolute atomic E-state index is 10.4. The van der Waals surface area contributed by atoms with Crippen molar-refractivity contribution in [3.8, 4) is 0 Å². The molecule has 0 spiro atoms. The van der Waals surface area contributed by atoms with Crippen molar-refractivity contribution in [1.29, 1.82) is 0 Å². The summed E-state index contributed by atoms with van der Waals surface area (Å²) in [5.74, 6) is -1.55. The molecule has 0 aliphatic rings. The summed E-state index contributed by atoms with van der Waals surface area (Å²) in [6, 6.07) is 0. The second kappa shape index (κ2) is 13.1. The normalized spacial score (nSPS) is 10.1. The van der Waals surface area contributed by atoms with E-state index in [9.17, 15) is 9.59 Å². The Hall–Kier alpha value is -1.92. The molecule has 1 amide bonds. The first-order chi connectivity index (χ1) is 8.53. The first-order valence-electron chi connectivity index (χ1n) is 5.01. The average molecular weight is 257 g/mol. The van der Waals surface area contributed by atoms with Gasteiger partial charge in [0.15, 0.2) is 0 Å². The second-order valence-corrected chi connectivity index (χ2v) is 2.75. The van der Waals surface area contributed by atoms with Crippen LogP contribution in [0, 0.1) is 0 Å². The van der Waals surface area contributed by atoms with Crippen molar-refractivity contribution in [2.45, 2.75) is 6.23 Å². The molecule has 1 atom stereocenters. The van der Waals surface area contributed by atoms with Crippen LogP contribution in [0.5, 0.6) is 0 Å². The lowest BCUT2D eigenvalue weighted by Gasteiger charge is -2.07. The largest absolute Gasteiger partial charge is 0.466 e. The topological polar surface area (TPSA) is 84.9 Å². The highest BCUT2D eigenvalue weighted by molar-refractivity contribution is 5.90.